The van der Waals surface area contributed by atoms with Gasteiger partial charge in [-0.3, -0.25) is 4.79 Å². The van der Waals surface area contributed by atoms with Crippen molar-refractivity contribution in [1.29, 1.82) is 0 Å². The van der Waals surface area contributed by atoms with Crippen molar-refractivity contribution in [3.8, 4) is 0 Å². The van der Waals surface area contributed by atoms with Crippen molar-refractivity contribution in [1.82, 2.24) is 4.90 Å². The molecule has 2 aromatic carbocycles. The molecule has 3 rings (SSSR count). The van der Waals surface area contributed by atoms with Gasteiger partial charge in [0.05, 0.1) is 17.5 Å². The van der Waals surface area contributed by atoms with Crippen LogP contribution in [0.5, 0.6) is 0 Å². The van der Waals surface area contributed by atoms with Crippen LogP contribution >= 0.6 is 23.2 Å². The van der Waals surface area contributed by atoms with Crippen LogP contribution < -0.4 is 0 Å². The van der Waals surface area contributed by atoms with Crippen molar-refractivity contribution in [2.24, 2.45) is 5.41 Å². The van der Waals surface area contributed by atoms with Gasteiger partial charge >= 0.3 is 0 Å². The number of carbonyl (C=O) groups is 2. The summed E-state index contributed by atoms with van der Waals surface area (Å²) in [6.45, 7) is 7.77. The van der Waals surface area contributed by atoms with E-state index in [0.717, 1.165) is 17.4 Å². The summed E-state index contributed by atoms with van der Waals surface area (Å²) in [5, 5.41) is 1.28. The molecule has 0 N–H and O–H groups in total. The first-order chi connectivity index (χ1) is 14.3. The van der Waals surface area contributed by atoms with Gasteiger partial charge in [0.2, 0.25) is 5.91 Å². The fourth-order valence-electron chi connectivity index (χ4n) is 4.61. The molecule has 1 saturated heterocycles. The minimum atomic E-state index is -0.645. The van der Waals surface area contributed by atoms with Gasteiger partial charge in [-0.2, -0.15) is 0 Å². The van der Waals surface area contributed by atoms with Crippen molar-refractivity contribution in [2.75, 3.05) is 0 Å². The highest BCUT2D eigenvalue weighted by Crippen LogP contribution is 2.52. The summed E-state index contributed by atoms with van der Waals surface area (Å²) < 4.78 is 0. The Balaban J connectivity index is 2.23. The molecule has 2 aromatic rings. The Kier molecular flexibility index (Phi) is 7.05. The molecule has 158 valence electrons. The third-order valence-electron chi connectivity index (χ3n) is 6.12. The predicted molar refractivity (Wildman–Crippen MR) is 123 cm³/mol. The fraction of sp³-hybridized carbons (Fsp3) is 0.360. The number of piperidine rings is 1. The van der Waals surface area contributed by atoms with Gasteiger partial charge in [0.1, 0.15) is 6.29 Å². The standard InChI is InChI=1S/C25H27Cl2NO2/c1-4-13-25(3)15-22(18-7-6-8-20(27)14-18)23(17-9-11-19(26)12-10-17)28(24(25)30)21(5-2)16-29/h4,6-12,14,16,21-23H,1,5,13,15H2,2-3H3/t21-,22-,23?,25+/m1/s1. The molecule has 1 aliphatic heterocycles. The van der Waals surface area contributed by atoms with E-state index in [2.05, 4.69) is 6.58 Å². The molecule has 4 atom stereocenters. The number of hydrogen-bond acceptors (Lipinski definition) is 2. The minimum Gasteiger partial charge on any atom is -0.325 e. The van der Waals surface area contributed by atoms with E-state index in [-0.39, 0.29) is 17.9 Å². The fourth-order valence-corrected chi connectivity index (χ4v) is 4.94. The molecule has 1 unspecified atom stereocenters. The van der Waals surface area contributed by atoms with Crippen LogP contribution in [0.15, 0.2) is 61.2 Å². The highest BCUT2D eigenvalue weighted by Gasteiger charge is 2.50. The number of benzene rings is 2. The molecule has 30 heavy (non-hydrogen) atoms. The van der Waals surface area contributed by atoms with Gasteiger partial charge in [-0.1, -0.05) is 67.4 Å². The maximum atomic E-state index is 13.8. The molecule has 1 aliphatic rings. The van der Waals surface area contributed by atoms with Gasteiger partial charge in [0.15, 0.2) is 0 Å². The van der Waals surface area contributed by atoms with Gasteiger partial charge in [0, 0.05) is 16.0 Å². The molecule has 3 nitrogen and oxygen atoms in total. The molecule has 1 fully saturated rings. The zero-order valence-corrected chi connectivity index (χ0v) is 18.9. The van der Waals surface area contributed by atoms with Crippen LogP contribution in [0.4, 0.5) is 0 Å². The number of carbonyl (C=O) groups excluding carboxylic acids is 2. The average Bonchev–Trinajstić information content (AvgIpc) is 2.73. The lowest BCUT2D eigenvalue weighted by Gasteiger charge is -2.51. The van der Waals surface area contributed by atoms with E-state index < -0.39 is 11.5 Å². The molecule has 0 aromatic heterocycles. The molecular weight excluding hydrogens is 417 g/mol. The van der Waals surface area contributed by atoms with Crippen LogP contribution in [0.2, 0.25) is 10.0 Å². The number of amides is 1. The van der Waals surface area contributed by atoms with Crippen molar-refractivity contribution in [3.05, 3.63) is 82.4 Å². The second-order valence-corrected chi connectivity index (χ2v) is 9.11. The zero-order chi connectivity index (χ0) is 21.9. The second-order valence-electron chi connectivity index (χ2n) is 8.24. The zero-order valence-electron chi connectivity index (χ0n) is 17.4. The van der Waals surface area contributed by atoms with Crippen molar-refractivity contribution >= 4 is 35.4 Å². The Hall–Kier alpha value is -2.10. The number of aldehydes is 1. The Morgan fingerprint density at radius 3 is 2.43 bits per heavy atom. The summed E-state index contributed by atoms with van der Waals surface area (Å²) in [5.41, 5.74) is 1.36. The van der Waals surface area contributed by atoms with E-state index in [9.17, 15) is 9.59 Å². The van der Waals surface area contributed by atoms with E-state index >= 15 is 0 Å². The highest BCUT2D eigenvalue weighted by atomic mass is 35.5. The van der Waals surface area contributed by atoms with Crippen LogP contribution in [0.25, 0.3) is 0 Å². The number of rotatable bonds is 7. The molecule has 0 spiro atoms. The molecule has 0 aliphatic carbocycles. The molecule has 1 amide bonds. The number of allylic oxidation sites excluding steroid dienone is 1. The van der Waals surface area contributed by atoms with Gasteiger partial charge in [-0.25, -0.2) is 0 Å². The third kappa shape index (κ3) is 4.33. The quantitative estimate of drug-likeness (QED) is 0.356. The average molecular weight is 444 g/mol. The normalized spacial score (nSPS) is 25.1. The summed E-state index contributed by atoms with van der Waals surface area (Å²) in [6, 6.07) is 14.5. The highest BCUT2D eigenvalue weighted by molar-refractivity contribution is 6.30. The second kappa shape index (κ2) is 9.36. The maximum Gasteiger partial charge on any atom is 0.229 e. The van der Waals surface area contributed by atoms with Gasteiger partial charge in [0.25, 0.3) is 0 Å². The Labute approximate surface area is 188 Å². The van der Waals surface area contributed by atoms with Crippen molar-refractivity contribution in [3.63, 3.8) is 0 Å². The summed E-state index contributed by atoms with van der Waals surface area (Å²) in [4.78, 5) is 27.6. The molecular formula is C25H27Cl2NO2. The topological polar surface area (TPSA) is 37.4 Å². The van der Waals surface area contributed by atoms with Crippen LogP contribution in [0, 0.1) is 5.41 Å². The first-order valence-electron chi connectivity index (χ1n) is 10.2. The number of nitrogens with zero attached hydrogens (tertiary/aromatic N) is 1. The first kappa shape index (κ1) is 22.6. The molecule has 5 heteroatoms. The Morgan fingerprint density at radius 1 is 1.17 bits per heavy atom. The smallest absolute Gasteiger partial charge is 0.229 e. The van der Waals surface area contributed by atoms with E-state index in [1.54, 1.807) is 11.0 Å². The van der Waals surface area contributed by atoms with E-state index in [4.69, 9.17) is 23.2 Å². The van der Waals surface area contributed by atoms with Gasteiger partial charge < -0.3 is 9.69 Å². The summed E-state index contributed by atoms with van der Waals surface area (Å²) in [5.74, 6) is -0.0406. The first-order valence-corrected chi connectivity index (χ1v) is 11.0. The minimum absolute atomic E-state index is 0.0143. The monoisotopic (exact) mass is 443 g/mol. The Morgan fingerprint density at radius 2 is 1.87 bits per heavy atom. The lowest BCUT2D eigenvalue weighted by molar-refractivity contribution is -0.156. The van der Waals surface area contributed by atoms with E-state index in [1.165, 1.54) is 0 Å². The summed E-state index contributed by atoms with van der Waals surface area (Å²) in [7, 11) is 0. The van der Waals surface area contributed by atoms with Crippen molar-refractivity contribution in [2.45, 2.75) is 51.1 Å². The lowest BCUT2D eigenvalue weighted by atomic mass is 9.67. The SMILES string of the molecule is C=CC[C@@]1(C)C[C@H](c2cccc(Cl)c2)C(c2ccc(Cl)cc2)N([C@@H](C=O)CC)C1=O. The van der Waals surface area contributed by atoms with Crippen LogP contribution in [-0.2, 0) is 9.59 Å². The van der Waals surface area contributed by atoms with Crippen molar-refractivity contribution < 1.29 is 9.59 Å². The van der Waals surface area contributed by atoms with Crippen LogP contribution in [0.3, 0.4) is 0 Å². The molecule has 1 heterocycles. The number of likely N-dealkylation sites (tertiary alicyclic amines) is 1. The lowest BCUT2D eigenvalue weighted by Crippen LogP contribution is -2.55. The van der Waals surface area contributed by atoms with Crippen LogP contribution in [0.1, 0.15) is 56.2 Å². The summed E-state index contributed by atoms with van der Waals surface area (Å²) >= 11 is 12.5. The maximum absolute atomic E-state index is 13.8. The van der Waals surface area contributed by atoms with Crippen LogP contribution in [-0.4, -0.2) is 23.1 Å². The van der Waals surface area contributed by atoms with Gasteiger partial charge in [-0.05, 0) is 54.7 Å². The van der Waals surface area contributed by atoms with E-state index in [1.807, 2.05) is 62.4 Å². The molecule has 0 radical (unpaired) electrons. The number of hydrogen-bond donors (Lipinski definition) is 0. The molecule has 0 bridgehead atoms. The van der Waals surface area contributed by atoms with E-state index in [0.29, 0.717) is 29.3 Å². The third-order valence-corrected chi connectivity index (χ3v) is 6.61. The molecule has 0 saturated carbocycles. The summed E-state index contributed by atoms with van der Waals surface area (Å²) in [6.07, 6.45) is 4.40. The predicted octanol–water partition coefficient (Wildman–Crippen LogP) is 6.61. The Bertz CT molecular complexity index is 927. The number of halogens is 2. The largest absolute Gasteiger partial charge is 0.325 e. The van der Waals surface area contributed by atoms with Gasteiger partial charge in [-0.15, -0.1) is 6.58 Å².